The molecule has 1 fully saturated rings. The molecule has 1 aromatic rings. The van der Waals surface area contributed by atoms with Crippen molar-refractivity contribution in [2.75, 3.05) is 13.1 Å². The van der Waals surface area contributed by atoms with Crippen LogP contribution < -0.4 is 11.1 Å². The Hall–Kier alpha value is -0.280. The van der Waals surface area contributed by atoms with E-state index in [1.807, 2.05) is 18.2 Å². The average molecular weight is 273 g/mol. The third kappa shape index (κ3) is 3.85. The zero-order chi connectivity index (χ0) is 12.3. The molecule has 0 bridgehead atoms. The van der Waals surface area contributed by atoms with Crippen LogP contribution in [0.5, 0.6) is 0 Å². The minimum atomic E-state index is 0.170. The third-order valence-electron chi connectivity index (χ3n) is 3.22. The normalized spacial score (nSPS) is 17.1. The highest BCUT2D eigenvalue weighted by Crippen LogP contribution is 2.32. The standard InChI is InChI=1S/C13H18Cl2N2/c14-11-4-3-10(7-12(11)15)13(8-16)17-6-5-9-1-2-9/h3-4,7,9,13,17H,1-2,5-6,8,16H2. The van der Waals surface area contributed by atoms with Crippen molar-refractivity contribution in [3.8, 4) is 0 Å². The summed E-state index contributed by atoms with van der Waals surface area (Å²) >= 11 is 11.9. The van der Waals surface area contributed by atoms with Gasteiger partial charge in [0.1, 0.15) is 0 Å². The first-order valence-electron chi connectivity index (χ1n) is 6.09. The molecule has 2 nitrogen and oxygen atoms in total. The van der Waals surface area contributed by atoms with Gasteiger partial charge in [-0.25, -0.2) is 0 Å². The summed E-state index contributed by atoms with van der Waals surface area (Å²) in [5.74, 6) is 0.940. The monoisotopic (exact) mass is 272 g/mol. The zero-order valence-corrected chi connectivity index (χ0v) is 11.3. The van der Waals surface area contributed by atoms with Gasteiger partial charge in [-0.05, 0) is 36.6 Å². The van der Waals surface area contributed by atoms with Gasteiger partial charge >= 0.3 is 0 Å². The lowest BCUT2D eigenvalue weighted by molar-refractivity contribution is 0.516. The molecule has 17 heavy (non-hydrogen) atoms. The lowest BCUT2D eigenvalue weighted by Gasteiger charge is -2.17. The molecule has 1 unspecified atom stereocenters. The molecule has 1 atom stereocenters. The van der Waals surface area contributed by atoms with Gasteiger partial charge in [0.25, 0.3) is 0 Å². The van der Waals surface area contributed by atoms with Crippen LogP contribution in [0.25, 0.3) is 0 Å². The lowest BCUT2D eigenvalue weighted by Crippen LogP contribution is -2.29. The van der Waals surface area contributed by atoms with Crippen molar-refractivity contribution in [3.05, 3.63) is 33.8 Å². The summed E-state index contributed by atoms with van der Waals surface area (Å²) in [5, 5.41) is 4.65. The fraction of sp³-hybridized carbons (Fsp3) is 0.538. The van der Waals surface area contributed by atoms with E-state index >= 15 is 0 Å². The Balaban J connectivity index is 1.92. The lowest BCUT2D eigenvalue weighted by atomic mass is 10.1. The summed E-state index contributed by atoms with van der Waals surface area (Å²) in [7, 11) is 0. The molecule has 0 amide bonds. The average Bonchev–Trinajstić information content (AvgIpc) is 3.12. The predicted octanol–water partition coefficient (Wildman–Crippen LogP) is 3.38. The molecule has 0 spiro atoms. The van der Waals surface area contributed by atoms with Gasteiger partial charge in [-0.15, -0.1) is 0 Å². The van der Waals surface area contributed by atoms with Gasteiger partial charge in [-0.2, -0.15) is 0 Å². The van der Waals surface area contributed by atoms with E-state index in [9.17, 15) is 0 Å². The fourth-order valence-electron chi connectivity index (χ4n) is 1.93. The molecule has 94 valence electrons. The fourth-order valence-corrected chi connectivity index (χ4v) is 2.24. The molecule has 0 heterocycles. The Labute approximate surface area is 112 Å². The van der Waals surface area contributed by atoms with Crippen molar-refractivity contribution in [1.29, 1.82) is 0 Å². The van der Waals surface area contributed by atoms with Crippen LogP contribution in [0.4, 0.5) is 0 Å². The van der Waals surface area contributed by atoms with E-state index in [4.69, 9.17) is 28.9 Å². The number of nitrogens with two attached hydrogens (primary N) is 1. The summed E-state index contributed by atoms with van der Waals surface area (Å²) in [5.41, 5.74) is 6.90. The number of halogens is 2. The number of hydrogen-bond acceptors (Lipinski definition) is 2. The number of hydrogen-bond donors (Lipinski definition) is 2. The molecule has 0 aromatic heterocycles. The van der Waals surface area contributed by atoms with Crippen LogP contribution in [-0.4, -0.2) is 13.1 Å². The third-order valence-corrected chi connectivity index (χ3v) is 3.96. The summed E-state index contributed by atoms with van der Waals surface area (Å²) in [6, 6.07) is 5.87. The van der Waals surface area contributed by atoms with E-state index in [-0.39, 0.29) is 6.04 Å². The number of rotatable bonds is 6. The van der Waals surface area contributed by atoms with Gasteiger partial charge < -0.3 is 11.1 Å². The minimum absolute atomic E-state index is 0.170. The van der Waals surface area contributed by atoms with Crippen molar-refractivity contribution in [1.82, 2.24) is 5.32 Å². The molecule has 0 radical (unpaired) electrons. The second-order valence-electron chi connectivity index (χ2n) is 4.65. The highest BCUT2D eigenvalue weighted by atomic mass is 35.5. The highest BCUT2D eigenvalue weighted by Gasteiger charge is 2.21. The Morgan fingerprint density at radius 3 is 2.65 bits per heavy atom. The Morgan fingerprint density at radius 2 is 2.06 bits per heavy atom. The Kier molecular flexibility index (Phi) is 4.69. The largest absolute Gasteiger partial charge is 0.329 e. The van der Waals surface area contributed by atoms with Crippen LogP contribution in [0.2, 0.25) is 10.0 Å². The van der Waals surface area contributed by atoms with E-state index in [2.05, 4.69) is 5.32 Å². The van der Waals surface area contributed by atoms with Crippen LogP contribution >= 0.6 is 23.2 Å². The summed E-state index contributed by atoms with van der Waals surface area (Å²) in [6.07, 6.45) is 4.03. The van der Waals surface area contributed by atoms with E-state index < -0.39 is 0 Å². The van der Waals surface area contributed by atoms with E-state index in [1.54, 1.807) is 0 Å². The van der Waals surface area contributed by atoms with Crippen LogP contribution in [0.1, 0.15) is 30.9 Å². The molecule has 2 rings (SSSR count). The molecule has 1 aromatic carbocycles. The maximum absolute atomic E-state index is 6.01. The van der Waals surface area contributed by atoms with Crippen LogP contribution in [0.15, 0.2) is 18.2 Å². The first-order chi connectivity index (χ1) is 8.20. The van der Waals surface area contributed by atoms with E-state index in [1.165, 1.54) is 19.3 Å². The Bertz CT molecular complexity index is 378. The van der Waals surface area contributed by atoms with Crippen LogP contribution in [0.3, 0.4) is 0 Å². The van der Waals surface area contributed by atoms with Gasteiger partial charge in [0, 0.05) is 12.6 Å². The van der Waals surface area contributed by atoms with Crippen LogP contribution in [0, 0.1) is 5.92 Å². The maximum atomic E-state index is 6.01. The van der Waals surface area contributed by atoms with Gasteiger partial charge in [-0.1, -0.05) is 42.1 Å². The van der Waals surface area contributed by atoms with Crippen molar-refractivity contribution in [3.63, 3.8) is 0 Å². The molecule has 4 heteroatoms. The van der Waals surface area contributed by atoms with Crippen molar-refractivity contribution < 1.29 is 0 Å². The molecule has 3 N–H and O–H groups in total. The molecular weight excluding hydrogens is 255 g/mol. The molecule has 0 aliphatic heterocycles. The highest BCUT2D eigenvalue weighted by molar-refractivity contribution is 6.42. The smallest absolute Gasteiger partial charge is 0.0595 e. The zero-order valence-electron chi connectivity index (χ0n) is 9.76. The Morgan fingerprint density at radius 1 is 1.29 bits per heavy atom. The molecule has 0 saturated heterocycles. The molecule has 1 aliphatic carbocycles. The predicted molar refractivity (Wildman–Crippen MR) is 73.6 cm³/mol. The summed E-state index contributed by atoms with van der Waals surface area (Å²) in [4.78, 5) is 0. The first kappa shape index (κ1) is 13.2. The van der Waals surface area contributed by atoms with Crippen molar-refractivity contribution >= 4 is 23.2 Å². The maximum Gasteiger partial charge on any atom is 0.0595 e. The van der Waals surface area contributed by atoms with Crippen molar-refractivity contribution in [2.45, 2.75) is 25.3 Å². The van der Waals surface area contributed by atoms with Gasteiger partial charge in [0.2, 0.25) is 0 Å². The quantitative estimate of drug-likeness (QED) is 0.833. The topological polar surface area (TPSA) is 38.0 Å². The van der Waals surface area contributed by atoms with Gasteiger partial charge in [-0.3, -0.25) is 0 Å². The van der Waals surface area contributed by atoms with E-state index in [0.29, 0.717) is 16.6 Å². The first-order valence-corrected chi connectivity index (χ1v) is 6.84. The summed E-state index contributed by atoms with van der Waals surface area (Å²) < 4.78 is 0. The molecular formula is C13H18Cl2N2. The summed E-state index contributed by atoms with van der Waals surface area (Å²) in [6.45, 7) is 1.59. The van der Waals surface area contributed by atoms with Gasteiger partial charge in [0.15, 0.2) is 0 Å². The molecule has 1 aliphatic rings. The number of benzene rings is 1. The minimum Gasteiger partial charge on any atom is -0.329 e. The number of nitrogens with one attached hydrogen (secondary N) is 1. The van der Waals surface area contributed by atoms with Gasteiger partial charge in [0.05, 0.1) is 10.0 Å². The SMILES string of the molecule is NCC(NCCC1CC1)c1ccc(Cl)c(Cl)c1. The van der Waals surface area contributed by atoms with Crippen LogP contribution in [-0.2, 0) is 0 Å². The van der Waals surface area contributed by atoms with Crippen molar-refractivity contribution in [2.24, 2.45) is 11.7 Å². The second-order valence-corrected chi connectivity index (χ2v) is 5.46. The molecule has 1 saturated carbocycles. The van der Waals surface area contributed by atoms with E-state index in [0.717, 1.165) is 18.0 Å². The second kappa shape index (κ2) is 6.05.